The lowest BCUT2D eigenvalue weighted by atomic mass is 10.1. The molecule has 0 fully saturated rings. The van der Waals surface area contributed by atoms with E-state index in [9.17, 15) is 33.9 Å². The van der Waals surface area contributed by atoms with Crippen molar-refractivity contribution < 1.29 is 44.1 Å². The number of aliphatic hydroxyl groups excluding tert-OH is 1. The molecular formula is C43H52N22O9. The lowest BCUT2D eigenvalue weighted by Gasteiger charge is -2.31. The van der Waals surface area contributed by atoms with Gasteiger partial charge in [0.15, 0.2) is 29.7 Å². The lowest BCUT2D eigenvalue weighted by molar-refractivity contribution is -0.215. The molecule has 0 aliphatic rings. The number of anilines is 2. The quantitative estimate of drug-likeness (QED) is 0.00955. The number of nitrogens with one attached hydrogen (secondary N) is 6. The van der Waals surface area contributed by atoms with E-state index < -0.39 is 96.2 Å². The highest BCUT2D eigenvalue weighted by atomic mass is 17.2. The van der Waals surface area contributed by atoms with E-state index in [-0.39, 0.29) is 23.8 Å². The predicted octanol–water partition coefficient (Wildman–Crippen LogP) is -5.36. The van der Waals surface area contributed by atoms with Gasteiger partial charge in [-0.1, -0.05) is 84.9 Å². The van der Waals surface area contributed by atoms with Crippen molar-refractivity contribution in [1.82, 2.24) is 36.6 Å². The van der Waals surface area contributed by atoms with Crippen LogP contribution in [0, 0.1) is 0 Å². The van der Waals surface area contributed by atoms with Gasteiger partial charge in [0.2, 0.25) is 36.8 Å². The van der Waals surface area contributed by atoms with Gasteiger partial charge in [0.05, 0.1) is 11.2 Å². The van der Waals surface area contributed by atoms with Gasteiger partial charge >= 0.3 is 0 Å². The van der Waals surface area contributed by atoms with Crippen molar-refractivity contribution in [2.24, 2.45) is 71.6 Å². The van der Waals surface area contributed by atoms with E-state index in [0.29, 0.717) is 27.7 Å². The van der Waals surface area contributed by atoms with E-state index in [2.05, 4.69) is 46.4 Å². The third-order valence-corrected chi connectivity index (χ3v) is 9.81. The first-order valence-electron chi connectivity index (χ1n) is 21.4. The molecule has 0 bridgehead atoms. The van der Waals surface area contributed by atoms with Crippen molar-refractivity contribution in [3.8, 4) is 11.4 Å². The van der Waals surface area contributed by atoms with E-state index in [1.165, 1.54) is 29.2 Å². The number of aliphatic imine (C=N–C) groups is 4. The second-order valence-corrected chi connectivity index (χ2v) is 15.3. The smallest absolute Gasteiger partial charge is 0.271 e. The third kappa shape index (κ3) is 15.3. The van der Waals surface area contributed by atoms with Gasteiger partial charge in [0.1, 0.15) is 11.9 Å². The van der Waals surface area contributed by atoms with Gasteiger partial charge in [0.25, 0.3) is 29.5 Å². The Balaban J connectivity index is 1.47. The van der Waals surface area contributed by atoms with Crippen LogP contribution in [0.2, 0.25) is 0 Å². The number of para-hydroxylation sites is 1. The minimum Gasteiger partial charge on any atom is -0.370 e. The van der Waals surface area contributed by atoms with Crippen LogP contribution in [0.1, 0.15) is 17.2 Å². The Morgan fingerprint density at radius 2 is 1.00 bits per heavy atom. The Hall–Kier alpha value is -10.4. The topological polar surface area (TPSA) is 537 Å². The molecule has 0 radical (unpaired) electrons. The minimum atomic E-state index is -2.17. The monoisotopic (exact) mass is 1020 g/mol. The van der Waals surface area contributed by atoms with Crippen LogP contribution in [-0.2, 0) is 40.3 Å². The van der Waals surface area contributed by atoms with Gasteiger partial charge in [0, 0.05) is 17.5 Å². The first-order valence-corrected chi connectivity index (χ1v) is 21.4. The molecule has 5 rings (SSSR count). The number of carbonyl (C=O) groups is 6. The molecule has 6 unspecified atom stereocenters. The number of fused-ring (bicyclic) bond motifs is 1. The second-order valence-electron chi connectivity index (χ2n) is 15.3. The van der Waals surface area contributed by atoms with E-state index in [4.69, 9.17) is 66.8 Å². The third-order valence-electron chi connectivity index (χ3n) is 9.81. The van der Waals surface area contributed by atoms with E-state index in [1.54, 1.807) is 78.9 Å². The normalized spacial score (nSPS) is 13.1. The molecule has 0 spiro atoms. The van der Waals surface area contributed by atoms with Crippen LogP contribution in [0.4, 0.5) is 11.5 Å². The molecule has 388 valence electrons. The Kier molecular flexibility index (Phi) is 18.8. The molecule has 0 aliphatic heterocycles. The number of aromatic nitrogens is 2. The fraction of sp³-hybridized carbons (Fsp3) is 0.163. The molecule has 6 atom stereocenters. The number of guanidine groups is 4. The summed E-state index contributed by atoms with van der Waals surface area (Å²) in [4.78, 5) is 111. The first kappa shape index (κ1) is 54.5. The minimum absolute atomic E-state index is 0.105. The number of hydrogen-bond acceptors (Lipinski definition) is 17. The average molecular weight is 1020 g/mol. The molecule has 31 nitrogen and oxygen atoms in total. The average Bonchev–Trinajstić information content (AvgIpc) is 3.36. The highest BCUT2D eigenvalue weighted by molar-refractivity contribution is 5.99. The van der Waals surface area contributed by atoms with E-state index in [0.717, 1.165) is 0 Å². The van der Waals surface area contributed by atoms with Gasteiger partial charge in [-0.2, -0.15) is 0 Å². The van der Waals surface area contributed by atoms with Gasteiger partial charge in [-0.05, 0) is 35.4 Å². The van der Waals surface area contributed by atoms with Gasteiger partial charge in [-0.15, -0.1) is 4.99 Å². The maximum Gasteiger partial charge on any atom is 0.271 e. The van der Waals surface area contributed by atoms with Crippen LogP contribution < -0.4 is 88.6 Å². The van der Waals surface area contributed by atoms with Crippen molar-refractivity contribution in [1.29, 1.82) is 0 Å². The number of primary amides is 1. The van der Waals surface area contributed by atoms with E-state index in [1.807, 2.05) is 16.7 Å². The zero-order valence-electron chi connectivity index (χ0n) is 38.6. The molecule has 0 aliphatic carbocycles. The Morgan fingerprint density at radius 3 is 1.50 bits per heavy atom. The van der Waals surface area contributed by atoms with Crippen molar-refractivity contribution in [2.75, 3.05) is 10.4 Å². The van der Waals surface area contributed by atoms with Crippen LogP contribution in [0.5, 0.6) is 0 Å². The summed E-state index contributed by atoms with van der Waals surface area (Å²) in [6, 6.07) is 28.0. The summed E-state index contributed by atoms with van der Waals surface area (Å²) in [6.45, 7) is -0.188. The number of nitrogens with zero attached hydrogens (tertiary/aromatic N) is 7. The predicted molar refractivity (Wildman–Crippen MR) is 268 cm³/mol. The second kappa shape index (κ2) is 25.5. The first-order chi connectivity index (χ1) is 35.2. The summed E-state index contributed by atoms with van der Waals surface area (Å²) in [5, 5.41) is 32.5. The summed E-state index contributed by atoms with van der Waals surface area (Å²) < 4.78 is 0. The fourth-order valence-corrected chi connectivity index (χ4v) is 6.60. The van der Waals surface area contributed by atoms with Crippen molar-refractivity contribution >= 4 is 81.7 Å². The van der Waals surface area contributed by atoms with Gasteiger partial charge in [-0.3, -0.25) is 28.8 Å². The maximum atomic E-state index is 14.5. The van der Waals surface area contributed by atoms with Crippen LogP contribution >= 0.6 is 0 Å². The molecule has 26 N–H and O–H groups in total. The van der Waals surface area contributed by atoms with Crippen LogP contribution in [0.3, 0.4) is 0 Å². The number of rotatable bonds is 23. The number of hydrogen-bond donors (Lipinski definition) is 17. The molecule has 74 heavy (non-hydrogen) atoms. The molecule has 31 heteroatoms. The van der Waals surface area contributed by atoms with Crippen molar-refractivity contribution in [3.05, 3.63) is 120 Å². The Labute approximate surface area is 418 Å². The fourth-order valence-electron chi connectivity index (χ4n) is 6.60. The zero-order chi connectivity index (χ0) is 54.1. The van der Waals surface area contributed by atoms with Crippen LogP contribution in [0.25, 0.3) is 22.3 Å². The summed E-state index contributed by atoms with van der Waals surface area (Å²) >= 11 is 0. The molecule has 1 heterocycles. The largest absolute Gasteiger partial charge is 0.370 e. The molecule has 0 saturated heterocycles. The summed E-state index contributed by atoms with van der Waals surface area (Å²) in [7, 11) is 0. The molecule has 0 saturated carbocycles. The molecule has 1 aromatic heterocycles. The standard InChI is InChI=1S/C43H52N22O9/c44-27(66)29(60-40(45)46)56-35(68)31(62-42(49)50)58-37(70)32(63-43(51)52)59-36(69)30(61-41(47)48)57-34(67)26(21-9-3-1-4-10-21)54-38(71)39(72)65(19-20-15-17-23(18-16-20)64-74-73)33-24-13-7-8-14-25(24)53-28(55-33)22-11-5-2-6-12-22/h1-18,26,29-32,39,64,72-73H,19H2,(H2,44,66)(H,54,71)(H,56,68)(H,57,67)(H,58,70)(H,59,69)(H4,45,46,60)(H4,47,48,61)(H4,49,50,62)(H4,51,52,63). The number of carbonyl (C=O) groups excluding carboxylic acids is 6. The lowest BCUT2D eigenvalue weighted by Crippen LogP contribution is -2.58. The van der Waals surface area contributed by atoms with Crippen LogP contribution in [0.15, 0.2) is 129 Å². The van der Waals surface area contributed by atoms with Crippen molar-refractivity contribution in [3.63, 3.8) is 0 Å². The number of amides is 6. The van der Waals surface area contributed by atoms with E-state index >= 15 is 0 Å². The maximum absolute atomic E-state index is 14.5. The molecule has 5 aromatic rings. The molecule has 4 aromatic carbocycles. The molecular weight excluding hydrogens is 969 g/mol. The summed E-state index contributed by atoms with van der Waals surface area (Å²) in [5.41, 5.74) is 53.5. The number of aliphatic hydroxyl groups is 1. The highest BCUT2D eigenvalue weighted by Gasteiger charge is 2.35. The highest BCUT2D eigenvalue weighted by Crippen LogP contribution is 2.30. The van der Waals surface area contributed by atoms with Gasteiger partial charge in [-0.25, -0.2) is 40.7 Å². The van der Waals surface area contributed by atoms with Crippen LogP contribution in [-0.4, -0.2) is 111 Å². The zero-order valence-corrected chi connectivity index (χ0v) is 38.6. The Morgan fingerprint density at radius 1 is 0.541 bits per heavy atom. The molecule has 6 amide bonds. The summed E-state index contributed by atoms with van der Waals surface area (Å²) in [5.74, 6) is -10.3. The van der Waals surface area contributed by atoms with Gasteiger partial charge < -0.3 is 88.2 Å². The van der Waals surface area contributed by atoms with Crippen molar-refractivity contribution in [2.45, 2.75) is 43.5 Å². The Bertz CT molecular complexity index is 2930. The summed E-state index contributed by atoms with van der Waals surface area (Å²) in [6.07, 6.45) is -10.4. The SMILES string of the molecule is NC(=O)C(N=C(N)N)NC(=O)C(N=C(N)N)NC(=O)C(N=C(N)N)NC(=O)C(N=C(N)N)NC(=O)C(NC(=O)C(O)N(Cc1ccc(NOO)cc1)c1nc(-c2ccccc2)nc2ccccc12)c1ccccc1. The number of nitrogens with two attached hydrogens (primary N) is 9. The number of benzene rings is 4.